The fourth-order valence-corrected chi connectivity index (χ4v) is 3.36. The fourth-order valence-electron chi connectivity index (χ4n) is 3.36. The van der Waals surface area contributed by atoms with Gasteiger partial charge in [0.15, 0.2) is 6.10 Å². The average molecular weight is 361 g/mol. The number of amides is 2. The van der Waals surface area contributed by atoms with E-state index in [1.807, 2.05) is 29.2 Å². The number of likely N-dealkylation sites (tertiary alicyclic amines) is 1. The second kappa shape index (κ2) is 8.51. The molecule has 0 aromatic heterocycles. The van der Waals surface area contributed by atoms with Gasteiger partial charge in [-0.15, -0.1) is 0 Å². The number of nitrogens with two attached hydrogens (primary N) is 1. The molecule has 2 aliphatic heterocycles. The third-order valence-electron chi connectivity index (χ3n) is 4.86. The minimum atomic E-state index is -0.584. The summed E-state index contributed by atoms with van der Waals surface area (Å²) in [6, 6.07) is 7.33. The van der Waals surface area contributed by atoms with Gasteiger partial charge in [-0.1, -0.05) is 12.1 Å². The minimum absolute atomic E-state index is 0.0392. The first kappa shape index (κ1) is 18.7. The van der Waals surface area contributed by atoms with Crippen LogP contribution >= 0.6 is 0 Å². The van der Waals surface area contributed by atoms with Gasteiger partial charge < -0.3 is 20.1 Å². The monoisotopic (exact) mass is 361 g/mol. The molecule has 2 amide bonds. The Hall–Kier alpha value is -2.12. The second-order valence-corrected chi connectivity index (χ2v) is 6.75. The largest absolute Gasteiger partial charge is 0.479 e. The molecule has 0 saturated carbocycles. The number of nitrogens with zero attached hydrogens (tertiary/aromatic N) is 2. The molecule has 26 heavy (non-hydrogen) atoms. The van der Waals surface area contributed by atoms with E-state index in [4.69, 9.17) is 15.2 Å². The quantitative estimate of drug-likeness (QED) is 0.769. The average Bonchev–Trinajstić information content (AvgIpc) is 2.66. The molecule has 0 bridgehead atoms. The number of ether oxygens (including phenoxy) is 2. The van der Waals surface area contributed by atoms with Gasteiger partial charge in [-0.05, 0) is 44.9 Å². The first-order chi connectivity index (χ1) is 12.6. The summed E-state index contributed by atoms with van der Waals surface area (Å²) >= 11 is 0. The number of benzene rings is 1. The predicted octanol–water partition coefficient (Wildman–Crippen LogP) is 1.16. The van der Waals surface area contributed by atoms with E-state index in [1.54, 1.807) is 6.92 Å². The third-order valence-corrected chi connectivity index (χ3v) is 4.86. The normalized spacial score (nSPS) is 20.7. The zero-order valence-corrected chi connectivity index (χ0v) is 15.2. The Balaban J connectivity index is 1.58. The zero-order valence-electron chi connectivity index (χ0n) is 15.2. The molecule has 1 aromatic rings. The molecular weight excluding hydrogens is 334 g/mol. The van der Waals surface area contributed by atoms with Crippen LogP contribution in [0.15, 0.2) is 24.3 Å². The maximum Gasteiger partial charge on any atom is 0.268 e. The maximum absolute atomic E-state index is 12.7. The van der Waals surface area contributed by atoms with Crippen molar-refractivity contribution in [2.24, 2.45) is 5.73 Å². The van der Waals surface area contributed by atoms with Gasteiger partial charge in [0.05, 0.1) is 11.8 Å². The Bertz CT molecular complexity index is 643. The van der Waals surface area contributed by atoms with Crippen molar-refractivity contribution >= 4 is 17.5 Å². The molecule has 2 aliphatic rings. The van der Waals surface area contributed by atoms with Crippen LogP contribution < -0.4 is 15.4 Å². The molecule has 1 fully saturated rings. The Morgan fingerprint density at radius 2 is 2.04 bits per heavy atom. The Morgan fingerprint density at radius 1 is 1.31 bits per heavy atom. The lowest BCUT2D eigenvalue weighted by molar-refractivity contribution is -0.135. The molecule has 2 N–H and O–H groups in total. The van der Waals surface area contributed by atoms with E-state index < -0.39 is 6.10 Å². The van der Waals surface area contributed by atoms with Gasteiger partial charge in [-0.25, -0.2) is 0 Å². The van der Waals surface area contributed by atoms with Gasteiger partial charge in [-0.3, -0.25) is 14.5 Å². The molecule has 3 rings (SSSR count). The van der Waals surface area contributed by atoms with Gasteiger partial charge in [0.25, 0.3) is 5.91 Å². The maximum atomic E-state index is 12.7. The van der Waals surface area contributed by atoms with Crippen LogP contribution in [0.2, 0.25) is 0 Å². The van der Waals surface area contributed by atoms with Crippen molar-refractivity contribution in [3.05, 3.63) is 24.3 Å². The lowest BCUT2D eigenvalue weighted by atomic mass is 10.1. The number of fused-ring (bicyclic) bond motifs is 1. The van der Waals surface area contributed by atoms with Crippen LogP contribution in [-0.2, 0) is 14.3 Å². The van der Waals surface area contributed by atoms with Crippen LogP contribution in [0.25, 0.3) is 0 Å². The van der Waals surface area contributed by atoms with Gasteiger partial charge in [0.2, 0.25) is 5.91 Å². The minimum Gasteiger partial charge on any atom is -0.479 e. The van der Waals surface area contributed by atoms with E-state index >= 15 is 0 Å². The number of para-hydroxylation sites is 2. The first-order valence-electron chi connectivity index (χ1n) is 9.26. The van der Waals surface area contributed by atoms with Gasteiger partial charge in [0.1, 0.15) is 12.3 Å². The smallest absolute Gasteiger partial charge is 0.268 e. The number of hydrogen-bond acceptors (Lipinski definition) is 5. The lowest BCUT2D eigenvalue weighted by Crippen LogP contribution is -2.51. The first-order valence-corrected chi connectivity index (χ1v) is 9.26. The molecule has 7 nitrogen and oxygen atoms in total. The standard InChI is InChI=1S/C19H27N3O4/c1-14-19(24)22(16-5-2-3-6-17(16)26-14)13-18(23)21-10-7-15(8-11-21)25-12-4-9-20/h2-3,5-6,14-15H,4,7-13,20H2,1H3. The molecule has 0 aliphatic carbocycles. The summed E-state index contributed by atoms with van der Waals surface area (Å²) in [7, 11) is 0. The van der Waals surface area contributed by atoms with Gasteiger partial charge in [0, 0.05) is 19.7 Å². The number of hydrogen-bond donors (Lipinski definition) is 1. The van der Waals surface area contributed by atoms with E-state index in [0.717, 1.165) is 19.3 Å². The van der Waals surface area contributed by atoms with E-state index in [1.165, 1.54) is 4.90 Å². The van der Waals surface area contributed by atoms with Crippen molar-refractivity contribution in [2.75, 3.05) is 37.7 Å². The Labute approximate surface area is 154 Å². The van der Waals surface area contributed by atoms with E-state index in [0.29, 0.717) is 37.7 Å². The van der Waals surface area contributed by atoms with Gasteiger partial charge in [-0.2, -0.15) is 0 Å². The summed E-state index contributed by atoms with van der Waals surface area (Å²) in [5.41, 5.74) is 6.13. The van der Waals surface area contributed by atoms with Crippen LogP contribution in [0.5, 0.6) is 5.75 Å². The Morgan fingerprint density at radius 3 is 2.77 bits per heavy atom. The van der Waals surface area contributed by atoms with E-state index in [9.17, 15) is 9.59 Å². The van der Waals surface area contributed by atoms with Crippen molar-refractivity contribution in [1.82, 2.24) is 4.90 Å². The number of piperidine rings is 1. The Kier molecular flexibility index (Phi) is 6.11. The number of anilines is 1. The summed E-state index contributed by atoms with van der Waals surface area (Å²) in [6.45, 7) is 4.36. The molecule has 0 radical (unpaired) electrons. The van der Waals surface area contributed by atoms with Crippen molar-refractivity contribution in [3.8, 4) is 5.75 Å². The highest BCUT2D eigenvalue weighted by atomic mass is 16.5. The van der Waals surface area contributed by atoms with E-state index in [2.05, 4.69) is 0 Å². The van der Waals surface area contributed by atoms with Crippen LogP contribution in [0.1, 0.15) is 26.2 Å². The molecule has 1 atom stereocenters. The molecule has 142 valence electrons. The summed E-state index contributed by atoms with van der Waals surface area (Å²) in [5.74, 6) is 0.416. The topological polar surface area (TPSA) is 85.1 Å². The molecule has 1 unspecified atom stereocenters. The molecule has 0 spiro atoms. The molecular formula is C19H27N3O4. The van der Waals surface area contributed by atoms with Crippen LogP contribution in [0.3, 0.4) is 0 Å². The number of carbonyl (C=O) groups is 2. The van der Waals surface area contributed by atoms with Crippen molar-refractivity contribution in [2.45, 2.75) is 38.4 Å². The highest BCUT2D eigenvalue weighted by molar-refractivity contribution is 6.03. The highest BCUT2D eigenvalue weighted by Crippen LogP contribution is 2.33. The van der Waals surface area contributed by atoms with Crippen LogP contribution in [0, 0.1) is 0 Å². The van der Waals surface area contributed by atoms with Gasteiger partial charge >= 0.3 is 0 Å². The molecule has 1 saturated heterocycles. The zero-order chi connectivity index (χ0) is 18.5. The number of carbonyl (C=O) groups excluding carboxylic acids is 2. The highest BCUT2D eigenvalue weighted by Gasteiger charge is 2.34. The predicted molar refractivity (Wildman–Crippen MR) is 98.1 cm³/mol. The fraction of sp³-hybridized carbons (Fsp3) is 0.579. The van der Waals surface area contributed by atoms with Crippen molar-refractivity contribution < 1.29 is 19.1 Å². The molecule has 7 heteroatoms. The molecule has 1 aromatic carbocycles. The molecule has 2 heterocycles. The summed E-state index contributed by atoms with van der Waals surface area (Å²) in [6.07, 6.45) is 2.10. The summed E-state index contributed by atoms with van der Waals surface area (Å²) in [5, 5.41) is 0. The number of rotatable bonds is 6. The SMILES string of the molecule is CC1Oc2ccccc2N(CC(=O)N2CCC(OCCCN)CC2)C1=O. The van der Waals surface area contributed by atoms with Crippen LogP contribution in [0.4, 0.5) is 5.69 Å². The van der Waals surface area contributed by atoms with Crippen molar-refractivity contribution in [3.63, 3.8) is 0 Å². The second-order valence-electron chi connectivity index (χ2n) is 6.75. The summed E-state index contributed by atoms with van der Waals surface area (Å²) in [4.78, 5) is 28.6. The lowest BCUT2D eigenvalue weighted by Gasteiger charge is -2.36. The third kappa shape index (κ3) is 4.16. The van der Waals surface area contributed by atoms with E-state index in [-0.39, 0.29) is 24.5 Å². The van der Waals surface area contributed by atoms with Crippen molar-refractivity contribution in [1.29, 1.82) is 0 Å². The summed E-state index contributed by atoms with van der Waals surface area (Å²) < 4.78 is 11.4. The van der Waals surface area contributed by atoms with Crippen LogP contribution in [-0.4, -0.2) is 61.7 Å².